The van der Waals surface area contributed by atoms with Gasteiger partial charge in [0.1, 0.15) is 11.6 Å². The van der Waals surface area contributed by atoms with Gasteiger partial charge in [0, 0.05) is 12.1 Å². The van der Waals surface area contributed by atoms with E-state index in [0.717, 1.165) is 34.6 Å². The highest BCUT2D eigenvalue weighted by Crippen LogP contribution is 2.30. The first-order valence-corrected chi connectivity index (χ1v) is 9.72. The maximum absolute atomic E-state index is 13.4. The van der Waals surface area contributed by atoms with E-state index in [0.29, 0.717) is 11.3 Å². The normalized spacial score (nSPS) is 19.2. The number of carbonyl (C=O) groups excluding carboxylic acids is 1. The molecule has 7 heteroatoms. The van der Waals surface area contributed by atoms with Crippen molar-refractivity contribution in [3.8, 4) is 5.75 Å². The smallest absolute Gasteiger partial charge is 0.255 e. The maximum Gasteiger partial charge on any atom is 0.255 e. The molecule has 0 spiro atoms. The number of rotatable bonds is 5. The Kier molecular flexibility index (Phi) is 4.94. The van der Waals surface area contributed by atoms with Gasteiger partial charge in [-0.1, -0.05) is 23.5 Å². The average Bonchev–Trinajstić information content (AvgIpc) is 3.27. The number of hydrogen-bond donors (Lipinski definition) is 2. The summed E-state index contributed by atoms with van der Waals surface area (Å²) in [6.07, 6.45) is 2.87. The molecule has 140 valence electrons. The van der Waals surface area contributed by atoms with Crippen molar-refractivity contribution in [3.63, 3.8) is 0 Å². The summed E-state index contributed by atoms with van der Waals surface area (Å²) in [6.45, 7) is 0. The van der Waals surface area contributed by atoms with E-state index in [4.69, 9.17) is 4.74 Å². The summed E-state index contributed by atoms with van der Waals surface area (Å²) in [5.41, 5.74) is 1.30. The van der Waals surface area contributed by atoms with Crippen LogP contribution < -0.4 is 15.4 Å². The number of amides is 1. The number of carbonyl (C=O) groups is 1. The number of anilines is 1. The first kappa shape index (κ1) is 17.7. The van der Waals surface area contributed by atoms with Crippen molar-refractivity contribution < 1.29 is 13.9 Å². The van der Waals surface area contributed by atoms with Crippen molar-refractivity contribution in [2.75, 3.05) is 12.4 Å². The standard InChI is InChI=1S/C20H20FN3O2S/c1-26-17-8-3-2-5-13(17)19(25)22-14-6-4-7-15(14)23-20-24-16-10-9-12(21)11-18(16)27-20/h2-3,5,8-11,14-15H,4,6-7H2,1H3,(H,22,25)(H,23,24)/t14-,15+/m0/s1. The van der Waals surface area contributed by atoms with Crippen molar-refractivity contribution in [1.29, 1.82) is 0 Å². The molecular formula is C20H20FN3O2S. The Morgan fingerprint density at radius 2 is 2.04 bits per heavy atom. The Labute approximate surface area is 160 Å². The molecule has 4 rings (SSSR count). The molecule has 1 aliphatic rings. The van der Waals surface area contributed by atoms with E-state index in [9.17, 15) is 9.18 Å². The van der Waals surface area contributed by atoms with Crippen LogP contribution in [0, 0.1) is 5.82 Å². The lowest BCUT2D eigenvalue weighted by molar-refractivity contribution is 0.0933. The van der Waals surface area contributed by atoms with E-state index in [-0.39, 0.29) is 23.8 Å². The first-order chi connectivity index (χ1) is 13.1. The van der Waals surface area contributed by atoms with Gasteiger partial charge in [-0.3, -0.25) is 4.79 Å². The molecule has 1 fully saturated rings. The van der Waals surface area contributed by atoms with Crippen LogP contribution in [0.3, 0.4) is 0 Å². The fourth-order valence-electron chi connectivity index (χ4n) is 3.50. The van der Waals surface area contributed by atoms with Crippen LogP contribution >= 0.6 is 11.3 Å². The van der Waals surface area contributed by atoms with E-state index in [2.05, 4.69) is 15.6 Å². The van der Waals surface area contributed by atoms with E-state index >= 15 is 0 Å². The van der Waals surface area contributed by atoms with Crippen LogP contribution in [0.15, 0.2) is 42.5 Å². The van der Waals surface area contributed by atoms with Crippen LogP contribution in [0.4, 0.5) is 9.52 Å². The average molecular weight is 385 g/mol. The summed E-state index contributed by atoms with van der Waals surface area (Å²) in [6, 6.07) is 11.9. The SMILES string of the molecule is COc1ccccc1C(=O)N[C@H]1CCC[C@H]1Nc1nc2ccc(F)cc2s1. The molecule has 2 aromatic carbocycles. The van der Waals surface area contributed by atoms with Gasteiger partial charge in [-0.25, -0.2) is 9.37 Å². The number of aromatic nitrogens is 1. The molecule has 1 aromatic heterocycles. The topological polar surface area (TPSA) is 63.2 Å². The Morgan fingerprint density at radius 3 is 2.89 bits per heavy atom. The summed E-state index contributed by atoms with van der Waals surface area (Å²) < 4.78 is 19.5. The van der Waals surface area contributed by atoms with Crippen LogP contribution in [0.2, 0.25) is 0 Å². The molecule has 1 heterocycles. The third-order valence-corrected chi connectivity index (χ3v) is 5.79. The van der Waals surface area contributed by atoms with Crippen LogP contribution in [0.5, 0.6) is 5.75 Å². The zero-order valence-electron chi connectivity index (χ0n) is 14.9. The molecule has 0 unspecified atom stereocenters. The molecule has 1 amide bonds. The van der Waals surface area contributed by atoms with Gasteiger partial charge in [-0.15, -0.1) is 0 Å². The number of para-hydroxylation sites is 1. The van der Waals surface area contributed by atoms with E-state index < -0.39 is 0 Å². The third kappa shape index (κ3) is 3.73. The molecule has 3 aromatic rings. The molecule has 27 heavy (non-hydrogen) atoms. The second-order valence-electron chi connectivity index (χ2n) is 6.59. The number of nitrogens with one attached hydrogen (secondary N) is 2. The van der Waals surface area contributed by atoms with E-state index in [1.54, 1.807) is 25.3 Å². The molecule has 5 nitrogen and oxygen atoms in total. The second kappa shape index (κ2) is 7.52. The number of hydrogen-bond acceptors (Lipinski definition) is 5. The lowest BCUT2D eigenvalue weighted by Gasteiger charge is -2.22. The fraction of sp³-hybridized carbons (Fsp3) is 0.300. The van der Waals surface area contributed by atoms with Gasteiger partial charge in [0.25, 0.3) is 5.91 Å². The summed E-state index contributed by atoms with van der Waals surface area (Å²) >= 11 is 1.43. The third-order valence-electron chi connectivity index (χ3n) is 4.84. The fourth-order valence-corrected chi connectivity index (χ4v) is 4.46. The van der Waals surface area contributed by atoms with Crippen LogP contribution in [-0.4, -0.2) is 30.1 Å². The summed E-state index contributed by atoms with van der Waals surface area (Å²) in [4.78, 5) is 17.2. The molecule has 0 radical (unpaired) electrons. The van der Waals surface area contributed by atoms with Crippen LogP contribution in [0.25, 0.3) is 10.2 Å². The molecular weight excluding hydrogens is 365 g/mol. The van der Waals surface area contributed by atoms with E-state index in [1.165, 1.54) is 23.5 Å². The summed E-state index contributed by atoms with van der Waals surface area (Å²) in [5, 5.41) is 7.29. The highest BCUT2D eigenvalue weighted by molar-refractivity contribution is 7.22. The minimum Gasteiger partial charge on any atom is -0.496 e. The van der Waals surface area contributed by atoms with Crippen molar-refractivity contribution >= 4 is 32.6 Å². The largest absolute Gasteiger partial charge is 0.496 e. The Bertz CT molecular complexity index is 975. The summed E-state index contributed by atoms with van der Waals surface area (Å²) in [7, 11) is 1.56. The van der Waals surface area contributed by atoms with Gasteiger partial charge < -0.3 is 15.4 Å². The van der Waals surface area contributed by atoms with Gasteiger partial charge >= 0.3 is 0 Å². The van der Waals surface area contributed by atoms with Crippen molar-refractivity contribution in [1.82, 2.24) is 10.3 Å². The number of ether oxygens (including phenoxy) is 1. The van der Waals surface area contributed by atoms with Gasteiger partial charge in [-0.2, -0.15) is 0 Å². The second-order valence-corrected chi connectivity index (χ2v) is 7.62. The Balaban J connectivity index is 1.47. The number of benzene rings is 2. The van der Waals surface area contributed by atoms with Gasteiger partial charge in [0.15, 0.2) is 5.13 Å². The van der Waals surface area contributed by atoms with Crippen LogP contribution in [0.1, 0.15) is 29.6 Å². The quantitative estimate of drug-likeness (QED) is 0.691. The van der Waals surface area contributed by atoms with Crippen molar-refractivity contribution in [2.24, 2.45) is 0 Å². The zero-order chi connectivity index (χ0) is 18.8. The molecule has 1 aliphatic carbocycles. The molecule has 2 atom stereocenters. The lowest BCUT2D eigenvalue weighted by atomic mass is 10.1. The summed E-state index contributed by atoms with van der Waals surface area (Å²) in [5.74, 6) is 0.156. The predicted octanol–water partition coefficient (Wildman–Crippen LogP) is 4.21. The van der Waals surface area contributed by atoms with Crippen molar-refractivity contribution in [3.05, 3.63) is 53.8 Å². The number of methoxy groups -OCH3 is 1. The lowest BCUT2D eigenvalue weighted by Crippen LogP contribution is -2.43. The van der Waals surface area contributed by atoms with E-state index in [1.807, 2.05) is 12.1 Å². The highest BCUT2D eigenvalue weighted by Gasteiger charge is 2.30. The maximum atomic E-state index is 13.4. The molecule has 1 saturated carbocycles. The Hall–Kier alpha value is -2.67. The minimum atomic E-state index is -0.263. The van der Waals surface area contributed by atoms with Gasteiger partial charge in [-0.05, 0) is 49.6 Å². The molecule has 0 bridgehead atoms. The minimum absolute atomic E-state index is 0.00570. The highest BCUT2D eigenvalue weighted by atomic mass is 32.1. The number of fused-ring (bicyclic) bond motifs is 1. The molecule has 0 saturated heterocycles. The molecule has 0 aliphatic heterocycles. The predicted molar refractivity (Wildman–Crippen MR) is 105 cm³/mol. The van der Waals surface area contributed by atoms with Gasteiger partial charge in [0.2, 0.25) is 0 Å². The van der Waals surface area contributed by atoms with Gasteiger partial charge in [0.05, 0.1) is 22.9 Å². The Morgan fingerprint density at radius 1 is 1.22 bits per heavy atom. The number of halogens is 1. The number of nitrogens with zero attached hydrogens (tertiary/aromatic N) is 1. The van der Waals surface area contributed by atoms with Crippen molar-refractivity contribution in [2.45, 2.75) is 31.3 Å². The molecule has 2 N–H and O–H groups in total. The monoisotopic (exact) mass is 385 g/mol. The van der Waals surface area contributed by atoms with Crippen LogP contribution in [-0.2, 0) is 0 Å². The first-order valence-electron chi connectivity index (χ1n) is 8.90. The number of thiazole rings is 1. The zero-order valence-corrected chi connectivity index (χ0v) is 15.7.